The van der Waals surface area contributed by atoms with Gasteiger partial charge >= 0.3 is 6.09 Å². The summed E-state index contributed by atoms with van der Waals surface area (Å²) < 4.78 is 86.4. The molecule has 1 aromatic heterocycles. The number of hydrogen-bond donors (Lipinski definition) is 3. The van der Waals surface area contributed by atoms with E-state index in [1.54, 1.807) is 4.90 Å². The highest BCUT2D eigenvalue weighted by Gasteiger charge is 2.32. The Morgan fingerprint density at radius 2 is 1.13 bits per heavy atom. The van der Waals surface area contributed by atoms with Crippen molar-refractivity contribution in [2.24, 2.45) is 17.1 Å². The van der Waals surface area contributed by atoms with E-state index in [-0.39, 0.29) is 48.8 Å². The van der Waals surface area contributed by atoms with Gasteiger partial charge in [0.15, 0.2) is 0 Å². The van der Waals surface area contributed by atoms with E-state index in [4.69, 9.17) is 76.8 Å². The van der Waals surface area contributed by atoms with Crippen molar-refractivity contribution in [1.29, 1.82) is 0 Å². The summed E-state index contributed by atoms with van der Waals surface area (Å²) in [7, 11) is 0. The van der Waals surface area contributed by atoms with E-state index in [0.29, 0.717) is 210 Å². The molecule has 1 aliphatic carbocycles. The molecule has 25 nitrogen and oxygen atoms in total. The number of carbonyl (C=O) groups is 3. The number of rotatable bonds is 55. The van der Waals surface area contributed by atoms with Crippen molar-refractivity contribution in [2.45, 2.75) is 149 Å². The van der Waals surface area contributed by atoms with Crippen LogP contribution in [0.2, 0.25) is 0 Å². The molecular weight excluding hydrogens is 1120 g/mol. The van der Waals surface area contributed by atoms with Gasteiger partial charge < -0.3 is 92.3 Å². The van der Waals surface area contributed by atoms with Gasteiger partial charge in [0.1, 0.15) is 17.8 Å². The molecule has 0 saturated carbocycles. The third-order valence-corrected chi connectivity index (χ3v) is 13.7. The standard InChI is InChI=1S/C61H113N7O18/c1-50(2)52(4)63-19-24-73-26-28-75-30-32-77-34-36-79-38-40-81-42-44-83-46-45-82-43-41-80-39-37-78-35-33-76-31-29-74-27-25-72-23-18-57(69)64-54(59(62)70)15-11-12-20-68-55-16-9-8-10-17-56(58(55)65-66-68)84-21-13-14-22-85-60(71)67-48-51(3)86-53(49-67)47-61(5,6)7/h50-51,53-54,56,63H,4,8-49H2,1-3,5-7H3,(H2,62,70)(H,64,69)/t51?,53?,54-,56?/m0/s1. The van der Waals surface area contributed by atoms with Gasteiger partial charge in [0, 0.05) is 31.8 Å². The van der Waals surface area contributed by atoms with Crippen LogP contribution in [0.15, 0.2) is 12.3 Å². The minimum Gasteiger partial charge on any atom is -0.449 e. The maximum absolute atomic E-state index is 12.9. The van der Waals surface area contributed by atoms with Crippen LogP contribution in [0.4, 0.5) is 4.79 Å². The normalized spacial score (nSPS) is 16.9. The lowest BCUT2D eigenvalue weighted by Gasteiger charge is -2.38. The van der Waals surface area contributed by atoms with E-state index in [9.17, 15) is 14.4 Å². The fourth-order valence-corrected chi connectivity index (χ4v) is 9.14. The van der Waals surface area contributed by atoms with E-state index in [0.717, 1.165) is 75.0 Å². The molecule has 1 aromatic rings. The summed E-state index contributed by atoms with van der Waals surface area (Å²) in [5.74, 6) is -0.463. The molecule has 86 heavy (non-hydrogen) atoms. The first-order valence-electron chi connectivity index (χ1n) is 31.8. The van der Waals surface area contributed by atoms with Gasteiger partial charge in [-0.2, -0.15) is 0 Å². The number of nitrogens with two attached hydrogens (primary N) is 1. The number of unbranched alkanes of at least 4 members (excludes halogenated alkanes) is 2. The Morgan fingerprint density at radius 3 is 1.62 bits per heavy atom. The highest BCUT2D eigenvalue weighted by molar-refractivity contribution is 5.86. The Balaban J connectivity index is 1.04. The number of nitrogens with one attached hydrogen (secondary N) is 2. The van der Waals surface area contributed by atoms with Crippen LogP contribution in [-0.4, -0.2) is 247 Å². The number of aryl methyl sites for hydroxylation is 1. The molecule has 4 atom stereocenters. The summed E-state index contributed by atoms with van der Waals surface area (Å²) in [6, 6.07) is -0.780. The molecule has 0 radical (unpaired) electrons. The topological polar surface area (TPSA) is 274 Å². The quantitative estimate of drug-likeness (QED) is 0.0690. The largest absolute Gasteiger partial charge is 0.449 e. The first kappa shape index (κ1) is 76.6. The minimum atomic E-state index is -0.780. The van der Waals surface area contributed by atoms with Gasteiger partial charge in [0.25, 0.3) is 0 Å². The molecular formula is C61H113N7O18. The van der Waals surface area contributed by atoms with E-state index in [1.807, 2.05) is 11.6 Å². The second-order valence-electron chi connectivity index (χ2n) is 22.9. The first-order chi connectivity index (χ1) is 41.7. The number of morpholine rings is 1. The lowest BCUT2D eigenvalue weighted by Crippen LogP contribution is -2.50. The molecule has 0 spiro atoms. The van der Waals surface area contributed by atoms with Crippen molar-refractivity contribution in [3.05, 3.63) is 23.7 Å². The van der Waals surface area contributed by atoms with E-state index >= 15 is 0 Å². The number of primary amides is 1. The van der Waals surface area contributed by atoms with Crippen molar-refractivity contribution in [3.63, 3.8) is 0 Å². The van der Waals surface area contributed by atoms with Crippen LogP contribution in [-0.2, 0) is 93.6 Å². The van der Waals surface area contributed by atoms with Gasteiger partial charge in [-0.1, -0.05) is 59.3 Å². The Bertz CT molecular complexity index is 1860. The Hall–Kier alpha value is -3.67. The minimum absolute atomic E-state index is 0.00535. The molecule has 4 N–H and O–H groups in total. The fourth-order valence-electron chi connectivity index (χ4n) is 9.14. The van der Waals surface area contributed by atoms with Crippen molar-refractivity contribution < 1.29 is 85.4 Å². The second kappa shape index (κ2) is 50.1. The van der Waals surface area contributed by atoms with Gasteiger partial charge in [0.2, 0.25) is 11.8 Å². The maximum atomic E-state index is 12.9. The molecule has 3 unspecified atom stereocenters. The van der Waals surface area contributed by atoms with Crippen molar-refractivity contribution >= 4 is 17.9 Å². The average Bonchev–Trinajstić information content (AvgIpc) is 3.05. The molecule has 0 bridgehead atoms. The number of nitrogens with zero attached hydrogens (tertiary/aromatic N) is 4. The van der Waals surface area contributed by atoms with Crippen LogP contribution in [0.1, 0.15) is 130 Å². The van der Waals surface area contributed by atoms with Crippen LogP contribution in [0.5, 0.6) is 0 Å². The zero-order valence-electron chi connectivity index (χ0n) is 53.5. The lowest BCUT2D eigenvalue weighted by atomic mass is 9.88. The zero-order chi connectivity index (χ0) is 62.1. The summed E-state index contributed by atoms with van der Waals surface area (Å²) in [4.78, 5) is 39.5. The van der Waals surface area contributed by atoms with E-state index in [1.165, 1.54) is 0 Å². The molecule has 3 rings (SSSR count). The summed E-state index contributed by atoms with van der Waals surface area (Å²) >= 11 is 0. The Kier molecular flexibility index (Phi) is 44.6. The van der Waals surface area contributed by atoms with Gasteiger partial charge in [-0.3, -0.25) is 9.59 Å². The predicted molar refractivity (Wildman–Crippen MR) is 323 cm³/mol. The van der Waals surface area contributed by atoms with Gasteiger partial charge in [-0.25, -0.2) is 9.48 Å². The number of aromatic nitrogens is 3. The predicted octanol–water partition coefficient (Wildman–Crippen LogP) is 5.38. The molecule has 2 heterocycles. The van der Waals surface area contributed by atoms with E-state index < -0.39 is 11.9 Å². The molecule has 1 fully saturated rings. The Labute approximate surface area is 513 Å². The molecule has 3 amide bonds. The van der Waals surface area contributed by atoms with Gasteiger partial charge in [0.05, 0.1) is 196 Å². The third-order valence-electron chi connectivity index (χ3n) is 13.7. The lowest BCUT2D eigenvalue weighted by molar-refractivity contribution is -0.128. The SMILES string of the molecule is C=C(NCCOCCOCCOCCOCCOCCOCCOCCOCCOCCOCCOCCOCCC(=O)N[C@@H](CCCCn1nnc2c1CCCCCC2OCCCCOC(=O)N1CC(C)OC(CC(C)(C)C)C1)C(N)=O)C(C)C. The number of fused-ring (bicyclic) bond motifs is 1. The highest BCUT2D eigenvalue weighted by Crippen LogP contribution is 2.30. The first-order valence-corrected chi connectivity index (χ1v) is 31.8. The summed E-state index contributed by atoms with van der Waals surface area (Å²) in [5.41, 5.74) is 8.79. The fraction of sp³-hybridized carbons (Fsp3) is 0.885. The van der Waals surface area contributed by atoms with Crippen LogP contribution in [0.25, 0.3) is 0 Å². The highest BCUT2D eigenvalue weighted by atomic mass is 16.6. The number of carbonyl (C=O) groups excluding carboxylic acids is 3. The monoisotopic (exact) mass is 1230 g/mol. The smallest absolute Gasteiger partial charge is 0.409 e. The van der Waals surface area contributed by atoms with Gasteiger partial charge in [-0.05, 0) is 76.0 Å². The van der Waals surface area contributed by atoms with E-state index in [2.05, 4.69) is 62.1 Å². The maximum Gasteiger partial charge on any atom is 0.409 e. The molecule has 25 heteroatoms. The zero-order valence-corrected chi connectivity index (χ0v) is 53.5. The number of allylic oxidation sites excluding steroid dienone is 1. The molecule has 1 saturated heterocycles. The second-order valence-corrected chi connectivity index (χ2v) is 22.9. The third kappa shape index (κ3) is 40.1. The summed E-state index contributed by atoms with van der Waals surface area (Å²) in [6.07, 6.45) is 8.73. The summed E-state index contributed by atoms with van der Waals surface area (Å²) in [5, 5.41) is 15.1. The molecule has 1 aliphatic heterocycles. The van der Waals surface area contributed by atoms with Crippen molar-refractivity contribution in [1.82, 2.24) is 30.5 Å². The van der Waals surface area contributed by atoms with Crippen LogP contribution in [0.3, 0.4) is 0 Å². The van der Waals surface area contributed by atoms with Crippen LogP contribution >= 0.6 is 0 Å². The number of amides is 3. The van der Waals surface area contributed by atoms with Crippen LogP contribution < -0.4 is 16.4 Å². The van der Waals surface area contributed by atoms with Crippen LogP contribution in [0, 0.1) is 11.3 Å². The van der Waals surface area contributed by atoms with Gasteiger partial charge in [-0.15, -0.1) is 5.10 Å². The summed E-state index contributed by atoms with van der Waals surface area (Å²) in [6.45, 7) is 31.1. The van der Waals surface area contributed by atoms with Crippen molar-refractivity contribution in [2.75, 3.05) is 191 Å². The average molecular weight is 1230 g/mol. The number of hydrogen-bond acceptors (Lipinski definition) is 21. The van der Waals surface area contributed by atoms with Crippen molar-refractivity contribution in [3.8, 4) is 0 Å². The Morgan fingerprint density at radius 1 is 0.640 bits per heavy atom. The molecule has 500 valence electrons. The molecule has 2 aliphatic rings. The molecule has 0 aromatic carbocycles. The number of ether oxygens (including phenoxy) is 15.